The van der Waals surface area contributed by atoms with Gasteiger partial charge in [-0.25, -0.2) is 0 Å². The molecule has 0 radical (unpaired) electrons. The van der Waals surface area contributed by atoms with Gasteiger partial charge in [-0.05, 0) is 0 Å². The van der Waals surface area contributed by atoms with Crippen LogP contribution in [0.25, 0.3) is 0 Å². The highest BCUT2D eigenvalue weighted by molar-refractivity contribution is 5.73. The first-order valence-electron chi connectivity index (χ1n) is 10.5. The lowest BCUT2D eigenvalue weighted by Gasteiger charge is -2.44. The molecule has 13 nitrogen and oxygen atoms in total. The second-order valence-corrected chi connectivity index (χ2v) is 7.10. The lowest BCUT2D eigenvalue weighted by molar-refractivity contribution is -0.279. The number of carbonyl (C=O) groups excluding carboxylic acids is 4. The van der Waals surface area contributed by atoms with Gasteiger partial charge in [-0.2, -0.15) is 0 Å². The van der Waals surface area contributed by atoms with Gasteiger partial charge in [0, 0.05) is 34.2 Å². The molecular weight excluding hydrogens is 444 g/mol. The highest BCUT2D eigenvalue weighted by Gasteiger charge is 2.51. The number of ether oxygens (including phenoxy) is 7. The van der Waals surface area contributed by atoms with Crippen molar-refractivity contribution >= 4 is 23.8 Å². The smallest absolute Gasteiger partial charge is 0.303 e. The van der Waals surface area contributed by atoms with Crippen molar-refractivity contribution in [3.8, 4) is 0 Å². The van der Waals surface area contributed by atoms with Crippen molar-refractivity contribution in [2.24, 2.45) is 5.73 Å². The second-order valence-electron chi connectivity index (χ2n) is 7.10. The van der Waals surface area contributed by atoms with E-state index in [4.69, 9.17) is 38.9 Å². The van der Waals surface area contributed by atoms with Crippen molar-refractivity contribution in [3.63, 3.8) is 0 Å². The van der Waals surface area contributed by atoms with Crippen molar-refractivity contribution in [1.29, 1.82) is 0 Å². The molecule has 13 heteroatoms. The normalized spacial score (nSPS) is 24.6. The number of amides is 1. The SMILES string of the molecule is CC(=O)N[C@@H]1[C@H](OCCOCCOCCN)O[C@H](COC(C)=O)[C@@H](OC(C)=O)[C@H]1OC(C)=O. The standard InChI is InChI=1S/C20H34N2O11/c1-12(23)22-17-19(32-15(4)26)18(31-14(3)25)16(11-30-13(2)24)33-20(17)29-10-9-28-8-7-27-6-5-21/h16-20H,5-11,21H2,1-4H3,(H,22,23)/t16-,17+,18-,19+,20-/m1/s1. The van der Waals surface area contributed by atoms with E-state index < -0.39 is 54.5 Å². The van der Waals surface area contributed by atoms with E-state index in [0.29, 0.717) is 26.4 Å². The predicted octanol–water partition coefficient (Wildman–Crippen LogP) is -1.35. The maximum Gasteiger partial charge on any atom is 0.303 e. The lowest BCUT2D eigenvalue weighted by atomic mass is 9.96. The first kappa shape index (κ1) is 28.7. The molecule has 190 valence electrons. The van der Waals surface area contributed by atoms with Crippen LogP contribution >= 0.6 is 0 Å². The van der Waals surface area contributed by atoms with E-state index >= 15 is 0 Å². The van der Waals surface area contributed by atoms with Gasteiger partial charge < -0.3 is 44.2 Å². The largest absolute Gasteiger partial charge is 0.463 e. The first-order valence-corrected chi connectivity index (χ1v) is 10.5. The number of hydrogen-bond donors (Lipinski definition) is 2. The highest BCUT2D eigenvalue weighted by Crippen LogP contribution is 2.28. The number of rotatable bonds is 14. The molecule has 0 aromatic carbocycles. The second kappa shape index (κ2) is 15.5. The van der Waals surface area contributed by atoms with Crippen molar-refractivity contribution in [2.45, 2.75) is 58.3 Å². The summed E-state index contributed by atoms with van der Waals surface area (Å²) in [7, 11) is 0. The van der Waals surface area contributed by atoms with Gasteiger partial charge in [-0.1, -0.05) is 0 Å². The van der Waals surface area contributed by atoms with Crippen molar-refractivity contribution in [1.82, 2.24) is 5.32 Å². The minimum Gasteiger partial charge on any atom is -0.463 e. The molecule has 1 fully saturated rings. The van der Waals surface area contributed by atoms with Crippen LogP contribution in [0.1, 0.15) is 27.7 Å². The fourth-order valence-corrected chi connectivity index (χ4v) is 3.06. The molecule has 1 rings (SSSR count). The molecule has 0 aliphatic carbocycles. The molecule has 5 atom stereocenters. The molecule has 0 spiro atoms. The van der Waals surface area contributed by atoms with Crippen LogP contribution in [-0.2, 0) is 52.3 Å². The van der Waals surface area contributed by atoms with E-state index in [1.54, 1.807) is 0 Å². The third kappa shape index (κ3) is 11.4. The van der Waals surface area contributed by atoms with Crippen molar-refractivity contribution < 1.29 is 52.3 Å². The molecule has 0 unspecified atom stereocenters. The maximum atomic E-state index is 11.8. The number of carbonyl (C=O) groups is 4. The molecule has 1 heterocycles. The summed E-state index contributed by atoms with van der Waals surface area (Å²) in [5.74, 6) is -2.40. The quantitative estimate of drug-likeness (QED) is 0.171. The van der Waals surface area contributed by atoms with E-state index in [9.17, 15) is 19.2 Å². The minimum atomic E-state index is -1.17. The van der Waals surface area contributed by atoms with Gasteiger partial charge in [-0.15, -0.1) is 0 Å². The van der Waals surface area contributed by atoms with Gasteiger partial charge in [0.15, 0.2) is 18.5 Å². The summed E-state index contributed by atoms with van der Waals surface area (Å²) < 4.78 is 37.9. The summed E-state index contributed by atoms with van der Waals surface area (Å²) in [6.07, 6.45) is -4.48. The van der Waals surface area contributed by atoms with E-state index in [0.717, 1.165) is 6.92 Å². The molecule has 3 N–H and O–H groups in total. The summed E-state index contributed by atoms with van der Waals surface area (Å²) in [6.45, 7) is 6.28. The third-order valence-corrected chi connectivity index (χ3v) is 4.22. The van der Waals surface area contributed by atoms with Gasteiger partial charge >= 0.3 is 17.9 Å². The Labute approximate surface area is 192 Å². The molecule has 1 aliphatic rings. The average molecular weight is 478 g/mol. The number of esters is 3. The van der Waals surface area contributed by atoms with Crippen LogP contribution in [0.2, 0.25) is 0 Å². The molecule has 1 saturated heterocycles. The zero-order valence-corrected chi connectivity index (χ0v) is 19.4. The zero-order valence-electron chi connectivity index (χ0n) is 19.4. The van der Waals surface area contributed by atoms with Crippen LogP contribution < -0.4 is 11.1 Å². The summed E-state index contributed by atoms with van der Waals surface area (Å²) in [4.78, 5) is 46.6. The molecule has 0 saturated carbocycles. The monoisotopic (exact) mass is 478 g/mol. The van der Waals surface area contributed by atoms with Crippen LogP contribution in [0, 0.1) is 0 Å². The van der Waals surface area contributed by atoms with E-state index in [1.807, 2.05) is 0 Å². The predicted molar refractivity (Wildman–Crippen MR) is 111 cm³/mol. The van der Waals surface area contributed by atoms with Crippen molar-refractivity contribution in [2.75, 3.05) is 46.2 Å². The van der Waals surface area contributed by atoms with Crippen LogP contribution in [0.3, 0.4) is 0 Å². The van der Waals surface area contributed by atoms with Crippen LogP contribution in [0.4, 0.5) is 0 Å². The Morgan fingerprint density at radius 2 is 1.39 bits per heavy atom. The Balaban J connectivity index is 2.95. The molecule has 0 aromatic rings. The van der Waals surface area contributed by atoms with Crippen LogP contribution in [0.15, 0.2) is 0 Å². The van der Waals surface area contributed by atoms with Crippen molar-refractivity contribution in [3.05, 3.63) is 0 Å². The summed E-state index contributed by atoms with van der Waals surface area (Å²) in [5, 5.41) is 2.61. The Bertz CT molecular complexity index is 646. The minimum absolute atomic E-state index is 0.0585. The average Bonchev–Trinajstić information content (AvgIpc) is 2.71. The molecule has 0 bridgehead atoms. The Hall–Kier alpha value is -2.32. The number of nitrogens with two attached hydrogens (primary N) is 1. The topological polar surface area (TPSA) is 171 Å². The Morgan fingerprint density at radius 1 is 0.818 bits per heavy atom. The molecule has 0 aromatic heterocycles. The van der Waals surface area contributed by atoms with E-state index in [-0.39, 0.29) is 19.8 Å². The first-order chi connectivity index (χ1) is 15.6. The molecule has 1 amide bonds. The van der Waals surface area contributed by atoms with E-state index in [1.165, 1.54) is 20.8 Å². The third-order valence-electron chi connectivity index (χ3n) is 4.22. The number of nitrogens with one attached hydrogen (secondary N) is 1. The van der Waals surface area contributed by atoms with Gasteiger partial charge in [0.1, 0.15) is 18.8 Å². The van der Waals surface area contributed by atoms with Gasteiger partial charge in [0.25, 0.3) is 0 Å². The van der Waals surface area contributed by atoms with E-state index in [2.05, 4.69) is 5.32 Å². The fourth-order valence-electron chi connectivity index (χ4n) is 3.06. The molecule has 33 heavy (non-hydrogen) atoms. The Morgan fingerprint density at radius 3 is 1.94 bits per heavy atom. The summed E-state index contributed by atoms with van der Waals surface area (Å²) in [6, 6.07) is -1.02. The van der Waals surface area contributed by atoms with Crippen LogP contribution in [-0.4, -0.2) is 101 Å². The summed E-state index contributed by atoms with van der Waals surface area (Å²) in [5.41, 5.74) is 5.33. The maximum absolute atomic E-state index is 11.8. The van der Waals surface area contributed by atoms with Gasteiger partial charge in [-0.3, -0.25) is 19.2 Å². The lowest BCUT2D eigenvalue weighted by Crippen LogP contribution is -2.66. The Kier molecular flexibility index (Phi) is 13.5. The fraction of sp³-hybridized carbons (Fsp3) is 0.800. The zero-order chi connectivity index (χ0) is 24.8. The number of hydrogen-bond acceptors (Lipinski definition) is 12. The molecule has 1 aliphatic heterocycles. The highest BCUT2D eigenvalue weighted by atomic mass is 16.7. The van der Waals surface area contributed by atoms with Gasteiger partial charge in [0.05, 0.1) is 33.0 Å². The summed E-state index contributed by atoms with van der Waals surface area (Å²) >= 11 is 0. The molecular formula is C20H34N2O11. The van der Waals surface area contributed by atoms with Gasteiger partial charge in [0.2, 0.25) is 5.91 Å². The van der Waals surface area contributed by atoms with Crippen LogP contribution in [0.5, 0.6) is 0 Å².